The van der Waals surface area contributed by atoms with Crippen LogP contribution in [0.2, 0.25) is 0 Å². The molecule has 1 aliphatic rings. The number of fused-ring (bicyclic) bond motifs is 1. The van der Waals surface area contributed by atoms with Gasteiger partial charge in [-0.1, -0.05) is 164 Å². The predicted molar refractivity (Wildman–Crippen MR) is 275 cm³/mol. The molecule has 15 nitrogen and oxygen atoms in total. The molecule has 1 unspecified atom stereocenters. The molecule has 3 atom stereocenters. The number of hydrogen-bond acceptors (Lipinski definition) is 13. The van der Waals surface area contributed by atoms with Gasteiger partial charge in [-0.15, -0.1) is 0 Å². The average Bonchev–Trinajstić information content (AvgIpc) is 3.76. The highest BCUT2D eigenvalue weighted by molar-refractivity contribution is 7.48. The van der Waals surface area contributed by atoms with Crippen LogP contribution in [0, 0.1) is 0 Å². The number of alkyl carbamates (subject to hydrolysis) is 1. The van der Waals surface area contributed by atoms with Crippen molar-refractivity contribution in [3.8, 4) is 23.0 Å². The van der Waals surface area contributed by atoms with Crippen LogP contribution in [-0.2, 0) is 83.3 Å². The maximum absolute atomic E-state index is 14.7. The minimum absolute atomic E-state index is 0.0324. The molecule has 7 aromatic carbocycles. The van der Waals surface area contributed by atoms with E-state index in [-0.39, 0.29) is 57.4 Å². The van der Waals surface area contributed by atoms with E-state index < -0.39 is 43.8 Å². The van der Waals surface area contributed by atoms with Gasteiger partial charge in [0, 0.05) is 19.8 Å². The number of nitrogens with one attached hydrogen (secondary N) is 2. The third-order valence-electron chi connectivity index (χ3n) is 11.5. The number of ether oxygens (including phenoxy) is 6. The van der Waals surface area contributed by atoms with Gasteiger partial charge in [-0.2, -0.15) is 0 Å². The number of phosphoric ester groups is 1. The zero-order valence-electron chi connectivity index (χ0n) is 41.0. The van der Waals surface area contributed by atoms with Crippen molar-refractivity contribution in [1.82, 2.24) is 10.6 Å². The molecule has 0 saturated carbocycles. The molecule has 16 heteroatoms. The lowest BCUT2D eigenvalue weighted by atomic mass is 10.0. The number of benzene rings is 7. The maximum atomic E-state index is 14.7. The fourth-order valence-electron chi connectivity index (χ4n) is 7.74. The molecule has 0 spiro atoms. The van der Waals surface area contributed by atoms with Gasteiger partial charge in [0.15, 0.2) is 23.0 Å². The van der Waals surface area contributed by atoms with Crippen molar-refractivity contribution < 1.29 is 60.9 Å². The van der Waals surface area contributed by atoms with Gasteiger partial charge in [0.2, 0.25) is 5.91 Å². The molecule has 74 heavy (non-hydrogen) atoms. The normalized spacial score (nSPS) is 14.5. The Balaban J connectivity index is 1.08. The summed E-state index contributed by atoms with van der Waals surface area (Å²) < 4.78 is 68.0. The minimum Gasteiger partial charge on any atom is -0.485 e. The monoisotopic (exact) mass is 1020 g/mol. The lowest BCUT2D eigenvalue weighted by molar-refractivity contribution is -0.266. The molecule has 0 aliphatic carbocycles. The molecule has 382 valence electrons. The van der Waals surface area contributed by atoms with Crippen LogP contribution < -0.4 is 29.4 Å². The molecule has 1 heterocycles. The Bertz CT molecular complexity index is 2920. The number of carbonyl (C=O) groups is 3. The quantitative estimate of drug-likeness (QED) is 0.0409. The van der Waals surface area contributed by atoms with Crippen molar-refractivity contribution in [2.24, 2.45) is 0 Å². The van der Waals surface area contributed by atoms with Crippen molar-refractivity contribution in [3.63, 3.8) is 0 Å². The lowest BCUT2D eigenvalue weighted by Gasteiger charge is -2.24. The molecule has 2 N–H and O–H groups in total. The second-order valence-electron chi connectivity index (χ2n) is 17.2. The topological polar surface area (TPSA) is 175 Å². The molecule has 0 fully saturated rings. The summed E-state index contributed by atoms with van der Waals surface area (Å²) in [6, 6.07) is 53.4. The Hall–Kier alpha value is -7.94. The SMILES string of the molecule is CCOC1(C)Oc2ccc(C[C@H](NC(=O)OCc3ccccc3)C(=O)N[C@@H](Cc3ccc(OP(=O)(OCc4ccccc4)OCc4ccccc4)c(OCc4ccccc4)c3)C(=O)OCc3ccccc3)cc2O1. The summed E-state index contributed by atoms with van der Waals surface area (Å²) in [6.45, 7) is 3.57. The van der Waals surface area contributed by atoms with E-state index in [0.717, 1.165) is 27.8 Å². The lowest BCUT2D eigenvalue weighted by Crippen LogP contribution is -2.53. The van der Waals surface area contributed by atoms with Crippen LogP contribution in [0.5, 0.6) is 23.0 Å². The predicted octanol–water partition coefficient (Wildman–Crippen LogP) is 11.0. The highest BCUT2D eigenvalue weighted by Gasteiger charge is 2.39. The second-order valence-corrected chi connectivity index (χ2v) is 18.8. The van der Waals surface area contributed by atoms with Gasteiger partial charge in [-0.3, -0.25) is 13.8 Å². The van der Waals surface area contributed by atoms with Gasteiger partial charge in [-0.25, -0.2) is 14.2 Å². The third-order valence-corrected chi connectivity index (χ3v) is 12.8. The molecule has 2 amide bonds. The first-order valence-electron chi connectivity index (χ1n) is 24.1. The zero-order chi connectivity index (χ0) is 51.6. The Kier molecular flexibility index (Phi) is 18.1. The number of carbonyl (C=O) groups excluding carboxylic acids is 3. The molecule has 0 saturated heterocycles. The standard InChI is InChI=1S/C58H57N2O13P/c1-3-68-58(2)71-51-31-29-47(36-54(51)72-58)33-49(60-57(63)67-39-44-23-13-6-14-24-44)55(61)59-50(56(62)66-38-43-21-11-5-12-22-43)34-48-30-32-52(53(35-48)65-37-42-19-9-4-10-20-42)73-74(64,69-40-45-25-15-7-16-26-45)70-41-46-27-17-8-18-28-46/h4-32,35-36,49-50H,3,33-34,37-41H2,1-2H3,(H,59,61)(H,60,63)/t49-,50-,58?/m0/s1. The Morgan fingerprint density at radius 3 is 1.54 bits per heavy atom. The first kappa shape index (κ1) is 52.4. The maximum Gasteiger partial charge on any atom is 0.530 e. The first-order valence-corrected chi connectivity index (χ1v) is 25.6. The number of esters is 1. The molecular formula is C58H57N2O13P. The number of amides is 2. The number of rotatable bonds is 25. The van der Waals surface area contributed by atoms with E-state index in [1.54, 1.807) is 49.4 Å². The molecule has 8 rings (SSSR count). The molecule has 7 aromatic rings. The summed E-state index contributed by atoms with van der Waals surface area (Å²) in [5, 5.41) is 5.57. The highest BCUT2D eigenvalue weighted by Crippen LogP contribution is 2.53. The summed E-state index contributed by atoms with van der Waals surface area (Å²) in [5.41, 5.74) is 4.86. The Morgan fingerprint density at radius 2 is 0.986 bits per heavy atom. The van der Waals surface area contributed by atoms with Crippen LogP contribution in [0.15, 0.2) is 188 Å². The molecular weight excluding hydrogens is 964 g/mol. The van der Waals surface area contributed by atoms with Crippen molar-refractivity contribution in [1.29, 1.82) is 0 Å². The van der Waals surface area contributed by atoms with E-state index in [0.29, 0.717) is 29.2 Å². The van der Waals surface area contributed by atoms with Crippen molar-refractivity contribution in [3.05, 3.63) is 227 Å². The van der Waals surface area contributed by atoms with Gasteiger partial charge in [0.05, 0.1) is 19.8 Å². The van der Waals surface area contributed by atoms with Crippen LogP contribution in [0.1, 0.15) is 52.8 Å². The van der Waals surface area contributed by atoms with Crippen LogP contribution in [-0.4, -0.2) is 42.6 Å². The van der Waals surface area contributed by atoms with E-state index in [2.05, 4.69) is 10.6 Å². The molecule has 1 aliphatic heterocycles. The van der Waals surface area contributed by atoms with Crippen LogP contribution in [0.3, 0.4) is 0 Å². The summed E-state index contributed by atoms with van der Waals surface area (Å²) in [4.78, 5) is 42.4. The fourth-order valence-corrected chi connectivity index (χ4v) is 8.92. The zero-order valence-corrected chi connectivity index (χ0v) is 41.9. The molecule has 0 bridgehead atoms. The second kappa shape index (κ2) is 25.6. The first-order chi connectivity index (χ1) is 36.0. The average molecular weight is 1020 g/mol. The van der Waals surface area contributed by atoms with E-state index in [9.17, 15) is 18.9 Å². The van der Waals surface area contributed by atoms with Crippen LogP contribution in [0.4, 0.5) is 4.79 Å². The Labute approximate surface area is 430 Å². The largest absolute Gasteiger partial charge is 0.530 e. The van der Waals surface area contributed by atoms with Gasteiger partial charge >= 0.3 is 25.9 Å². The number of hydrogen-bond donors (Lipinski definition) is 2. The summed E-state index contributed by atoms with van der Waals surface area (Å²) in [7, 11) is -4.38. The van der Waals surface area contributed by atoms with E-state index in [1.165, 1.54) is 6.07 Å². The van der Waals surface area contributed by atoms with Gasteiger partial charge in [-0.05, 0) is 70.1 Å². The Morgan fingerprint density at radius 1 is 0.514 bits per heavy atom. The molecule has 0 aromatic heterocycles. The van der Waals surface area contributed by atoms with Gasteiger partial charge in [0.1, 0.15) is 31.9 Å². The van der Waals surface area contributed by atoms with Crippen molar-refractivity contribution in [2.75, 3.05) is 6.61 Å². The fraction of sp³-hybridized carbons (Fsp3) is 0.224. The van der Waals surface area contributed by atoms with Gasteiger partial charge < -0.3 is 43.6 Å². The number of phosphoric acid groups is 1. The van der Waals surface area contributed by atoms with Crippen LogP contribution in [0.25, 0.3) is 0 Å². The smallest absolute Gasteiger partial charge is 0.485 e. The van der Waals surface area contributed by atoms with Crippen molar-refractivity contribution >= 4 is 25.8 Å². The third kappa shape index (κ3) is 15.5. The highest BCUT2D eigenvalue weighted by atomic mass is 31.2. The van der Waals surface area contributed by atoms with Crippen LogP contribution >= 0.6 is 7.82 Å². The minimum atomic E-state index is -4.38. The summed E-state index contributed by atoms with van der Waals surface area (Å²) in [6.07, 6.45) is -1.04. The summed E-state index contributed by atoms with van der Waals surface area (Å²) in [5.74, 6) is -1.82. The van der Waals surface area contributed by atoms with Crippen molar-refractivity contribution in [2.45, 2.75) is 77.8 Å². The molecule has 0 radical (unpaired) electrons. The summed E-state index contributed by atoms with van der Waals surface area (Å²) >= 11 is 0. The van der Waals surface area contributed by atoms with E-state index in [1.807, 2.05) is 146 Å². The van der Waals surface area contributed by atoms with Gasteiger partial charge in [0.25, 0.3) is 0 Å². The van der Waals surface area contributed by atoms with E-state index in [4.69, 9.17) is 42.0 Å². The van der Waals surface area contributed by atoms with E-state index >= 15 is 0 Å².